The van der Waals surface area contributed by atoms with Crippen molar-refractivity contribution in [3.8, 4) is 11.5 Å². The highest BCUT2D eigenvalue weighted by atomic mass is 32.2. The van der Waals surface area contributed by atoms with E-state index in [1.807, 2.05) is 61.5 Å². The number of likely N-dealkylation sites (N-methyl/N-ethyl adjacent to an activating group) is 1. The predicted octanol–water partition coefficient (Wildman–Crippen LogP) is 2.92. The largest absolute Gasteiger partial charge is 0.486 e. The number of fused-ring (bicyclic) bond motifs is 1. The minimum atomic E-state index is -3.88. The highest BCUT2D eigenvalue weighted by molar-refractivity contribution is 7.92. The first-order valence-electron chi connectivity index (χ1n) is 12.6. The van der Waals surface area contributed by atoms with Crippen molar-refractivity contribution in [3.05, 3.63) is 89.5 Å². The molecule has 0 saturated carbocycles. The molecule has 9 nitrogen and oxygen atoms in total. The van der Waals surface area contributed by atoms with Crippen LogP contribution in [0.25, 0.3) is 0 Å². The Labute approximate surface area is 229 Å². The van der Waals surface area contributed by atoms with E-state index >= 15 is 0 Å². The first kappa shape index (κ1) is 28.0. The topological polar surface area (TPSA) is 105 Å². The van der Waals surface area contributed by atoms with Crippen LogP contribution in [0.3, 0.4) is 0 Å². The van der Waals surface area contributed by atoms with E-state index in [-0.39, 0.29) is 24.6 Å². The summed E-state index contributed by atoms with van der Waals surface area (Å²) in [6.07, 6.45) is 1.31. The summed E-state index contributed by atoms with van der Waals surface area (Å²) in [6.45, 7) is 2.31. The Balaban J connectivity index is 1.72. The number of benzene rings is 3. The SMILES string of the molecule is CNC(=O)[C@@H](Cc1ccccc1)N(Cc1ccccc1C)C(=O)CN(c1ccc2c(c1)OCCO2)S(C)(=O)=O. The number of ether oxygens (including phenoxy) is 2. The Morgan fingerprint density at radius 2 is 1.62 bits per heavy atom. The molecule has 1 aliphatic rings. The Hall–Kier alpha value is -4.05. The van der Waals surface area contributed by atoms with Crippen LogP contribution < -0.4 is 19.1 Å². The molecular weight excluding hydrogens is 518 g/mol. The molecule has 3 aromatic carbocycles. The molecule has 0 aliphatic carbocycles. The summed E-state index contributed by atoms with van der Waals surface area (Å²) in [5.74, 6) is 0.0616. The first-order chi connectivity index (χ1) is 18.7. The van der Waals surface area contributed by atoms with E-state index in [4.69, 9.17) is 9.47 Å². The Kier molecular flexibility index (Phi) is 8.75. The molecule has 206 valence electrons. The Morgan fingerprint density at radius 1 is 0.949 bits per heavy atom. The van der Waals surface area contributed by atoms with Crippen LogP contribution in [0.15, 0.2) is 72.8 Å². The summed E-state index contributed by atoms with van der Waals surface area (Å²) >= 11 is 0. The highest BCUT2D eigenvalue weighted by Gasteiger charge is 2.33. The first-order valence-corrected chi connectivity index (χ1v) is 14.5. The number of hydrogen-bond acceptors (Lipinski definition) is 6. The number of rotatable bonds is 10. The fourth-order valence-electron chi connectivity index (χ4n) is 4.49. The zero-order valence-electron chi connectivity index (χ0n) is 22.3. The second kappa shape index (κ2) is 12.2. The van der Waals surface area contributed by atoms with Crippen molar-refractivity contribution in [3.63, 3.8) is 0 Å². The van der Waals surface area contributed by atoms with Crippen LogP contribution in [-0.4, -0.2) is 64.2 Å². The van der Waals surface area contributed by atoms with Gasteiger partial charge < -0.3 is 19.7 Å². The van der Waals surface area contributed by atoms with E-state index in [9.17, 15) is 18.0 Å². The number of nitrogens with zero attached hydrogens (tertiary/aromatic N) is 2. The maximum absolute atomic E-state index is 14.0. The normalized spacial score (nSPS) is 13.3. The van der Waals surface area contributed by atoms with Gasteiger partial charge in [0.15, 0.2) is 11.5 Å². The monoisotopic (exact) mass is 551 g/mol. The van der Waals surface area contributed by atoms with Crippen molar-refractivity contribution >= 4 is 27.5 Å². The van der Waals surface area contributed by atoms with Gasteiger partial charge >= 0.3 is 0 Å². The standard InChI is InChI=1S/C29H33N3O6S/c1-21-9-7-8-12-23(21)19-31(25(29(34)30-2)17-22-10-5-4-6-11-22)28(33)20-32(39(3,35)36)24-13-14-26-27(18-24)38-16-15-37-26/h4-14,18,25H,15-17,19-20H2,1-3H3,(H,30,34)/t25-/m1/s1. The minimum absolute atomic E-state index is 0.134. The second-order valence-corrected chi connectivity index (χ2v) is 11.3. The van der Waals surface area contributed by atoms with Crippen LogP contribution >= 0.6 is 0 Å². The Bertz CT molecular complexity index is 1430. The molecule has 1 N–H and O–H groups in total. The van der Waals surface area contributed by atoms with Gasteiger partial charge in [-0.1, -0.05) is 54.6 Å². The molecule has 10 heteroatoms. The van der Waals surface area contributed by atoms with Gasteiger partial charge in [0, 0.05) is 26.1 Å². The van der Waals surface area contributed by atoms with Crippen LogP contribution in [0.1, 0.15) is 16.7 Å². The van der Waals surface area contributed by atoms with Gasteiger partial charge in [0.05, 0.1) is 11.9 Å². The maximum atomic E-state index is 14.0. The van der Waals surface area contributed by atoms with Gasteiger partial charge in [0.2, 0.25) is 21.8 Å². The molecule has 0 radical (unpaired) electrons. The molecule has 1 atom stereocenters. The summed E-state index contributed by atoms with van der Waals surface area (Å²) in [4.78, 5) is 28.7. The number of hydrogen-bond donors (Lipinski definition) is 1. The molecule has 2 amide bonds. The van der Waals surface area contributed by atoms with E-state index in [1.54, 1.807) is 18.2 Å². The van der Waals surface area contributed by atoms with E-state index in [1.165, 1.54) is 11.9 Å². The average Bonchev–Trinajstić information content (AvgIpc) is 2.93. The van der Waals surface area contributed by atoms with E-state index in [0.29, 0.717) is 24.7 Å². The van der Waals surface area contributed by atoms with Crippen molar-refractivity contribution in [2.45, 2.75) is 25.9 Å². The van der Waals surface area contributed by atoms with E-state index in [2.05, 4.69) is 5.32 Å². The molecule has 39 heavy (non-hydrogen) atoms. The van der Waals surface area contributed by atoms with Gasteiger partial charge in [-0.2, -0.15) is 0 Å². The number of nitrogens with one attached hydrogen (secondary N) is 1. The molecular formula is C29H33N3O6S. The maximum Gasteiger partial charge on any atom is 0.244 e. The lowest BCUT2D eigenvalue weighted by atomic mass is 10.0. The molecule has 0 saturated heterocycles. The van der Waals surface area contributed by atoms with Crippen LogP contribution in [0, 0.1) is 6.92 Å². The van der Waals surface area contributed by atoms with E-state index in [0.717, 1.165) is 27.3 Å². The minimum Gasteiger partial charge on any atom is -0.486 e. The third-order valence-corrected chi connectivity index (χ3v) is 7.75. The zero-order chi connectivity index (χ0) is 28.0. The van der Waals surface area contributed by atoms with Crippen LogP contribution in [0.5, 0.6) is 11.5 Å². The van der Waals surface area contributed by atoms with Gasteiger partial charge in [-0.15, -0.1) is 0 Å². The molecule has 3 aromatic rings. The molecule has 0 spiro atoms. The summed E-state index contributed by atoms with van der Waals surface area (Å²) in [5.41, 5.74) is 2.96. The number of anilines is 1. The fraction of sp³-hybridized carbons (Fsp3) is 0.310. The second-order valence-electron chi connectivity index (χ2n) is 9.37. The predicted molar refractivity (Wildman–Crippen MR) is 149 cm³/mol. The van der Waals surface area contributed by atoms with Crippen molar-refractivity contribution < 1.29 is 27.5 Å². The summed E-state index contributed by atoms with van der Waals surface area (Å²) in [7, 11) is -2.35. The third kappa shape index (κ3) is 6.88. The van der Waals surface area contributed by atoms with Gasteiger partial charge in [-0.05, 0) is 35.7 Å². The summed E-state index contributed by atoms with van der Waals surface area (Å²) in [5, 5.41) is 2.68. The molecule has 0 fully saturated rings. The summed E-state index contributed by atoms with van der Waals surface area (Å²) in [6, 6.07) is 20.9. The Morgan fingerprint density at radius 3 is 2.28 bits per heavy atom. The number of carbonyl (C=O) groups is 2. The third-order valence-electron chi connectivity index (χ3n) is 6.61. The number of amides is 2. The molecule has 1 aliphatic heterocycles. The van der Waals surface area contributed by atoms with Gasteiger partial charge in [0.1, 0.15) is 25.8 Å². The average molecular weight is 552 g/mol. The number of carbonyl (C=O) groups excluding carboxylic acids is 2. The zero-order valence-corrected chi connectivity index (χ0v) is 23.1. The lowest BCUT2D eigenvalue weighted by molar-refractivity contribution is -0.139. The van der Waals surface area contributed by atoms with Gasteiger partial charge in [-0.25, -0.2) is 8.42 Å². The lowest BCUT2D eigenvalue weighted by Crippen LogP contribution is -2.53. The fourth-order valence-corrected chi connectivity index (χ4v) is 5.33. The smallest absolute Gasteiger partial charge is 0.244 e. The number of aryl methyl sites for hydroxylation is 1. The van der Waals surface area contributed by atoms with Gasteiger partial charge in [0.25, 0.3) is 0 Å². The van der Waals surface area contributed by atoms with Crippen molar-refractivity contribution in [1.29, 1.82) is 0 Å². The van der Waals surface area contributed by atoms with Crippen LogP contribution in [-0.2, 0) is 32.6 Å². The molecule has 1 heterocycles. The molecule has 0 aromatic heterocycles. The van der Waals surface area contributed by atoms with E-state index < -0.39 is 28.5 Å². The van der Waals surface area contributed by atoms with Gasteiger partial charge in [-0.3, -0.25) is 13.9 Å². The van der Waals surface area contributed by atoms with Crippen molar-refractivity contribution in [2.75, 3.05) is 37.4 Å². The highest BCUT2D eigenvalue weighted by Crippen LogP contribution is 2.34. The van der Waals surface area contributed by atoms with Crippen molar-refractivity contribution in [1.82, 2.24) is 10.2 Å². The lowest BCUT2D eigenvalue weighted by Gasteiger charge is -2.33. The van der Waals surface area contributed by atoms with Crippen LogP contribution in [0.4, 0.5) is 5.69 Å². The van der Waals surface area contributed by atoms with Crippen LogP contribution in [0.2, 0.25) is 0 Å². The molecule has 4 rings (SSSR count). The quantitative estimate of drug-likeness (QED) is 0.416. The number of sulfonamides is 1. The summed E-state index contributed by atoms with van der Waals surface area (Å²) < 4.78 is 38.1. The molecule has 0 unspecified atom stereocenters. The van der Waals surface area contributed by atoms with Crippen molar-refractivity contribution in [2.24, 2.45) is 0 Å². The molecule has 0 bridgehead atoms.